The highest BCUT2D eigenvalue weighted by Gasteiger charge is 2.06. The third-order valence-electron chi connectivity index (χ3n) is 0.894. The molecule has 54 valence electrons. The van der Waals surface area contributed by atoms with Gasteiger partial charge in [-0.2, -0.15) is 5.10 Å². The summed E-state index contributed by atoms with van der Waals surface area (Å²) in [7, 11) is 0. The van der Waals surface area contributed by atoms with Crippen LogP contribution < -0.4 is 0 Å². The first-order chi connectivity index (χ1) is 6.66. The van der Waals surface area contributed by atoms with E-state index in [1.54, 1.807) is 0 Å². The van der Waals surface area contributed by atoms with E-state index in [2.05, 4.69) is 5.10 Å². The van der Waals surface area contributed by atoms with Gasteiger partial charge < -0.3 is 0 Å². The highest BCUT2D eigenvalue weighted by Crippen LogP contribution is 2.06. The van der Waals surface area contributed by atoms with Crippen LogP contribution in [0.25, 0.3) is 0 Å². The van der Waals surface area contributed by atoms with Crippen molar-refractivity contribution in [2.75, 3.05) is 0 Å². The predicted molar refractivity (Wildman–Crippen MR) is 34.6 cm³/mol. The molecule has 0 unspecified atom stereocenters. The molecule has 0 radical (unpaired) electrons. The average Bonchev–Trinajstić information content (AvgIpc) is 2.49. The third kappa shape index (κ3) is 1.12. The van der Waals surface area contributed by atoms with Gasteiger partial charge in [-0.15, -0.1) is 0 Å². The molecule has 10 heavy (non-hydrogen) atoms. The van der Waals surface area contributed by atoms with E-state index in [9.17, 15) is 10.1 Å². The highest BCUT2D eigenvalue weighted by molar-refractivity contribution is 5.20. The quantitative estimate of drug-likeness (QED) is 0.458. The summed E-state index contributed by atoms with van der Waals surface area (Å²) in [5.41, 5.74) is -0.455. The van der Waals surface area contributed by atoms with Crippen molar-refractivity contribution in [3.8, 4) is 0 Å². The van der Waals surface area contributed by atoms with Crippen LogP contribution in [0.1, 0.15) is 13.7 Å². The molecule has 0 aliphatic carbocycles. The first-order valence-corrected chi connectivity index (χ1v) is 2.36. The molecule has 1 aromatic heterocycles. The van der Waals surface area contributed by atoms with Gasteiger partial charge in [0.15, 0.2) is 0 Å². The predicted octanol–water partition coefficient (Wildman–Crippen LogP) is 0.811. The molecule has 1 heterocycles. The minimum absolute atomic E-state index is 0.429. The van der Waals surface area contributed by atoms with E-state index in [0.29, 0.717) is 4.68 Å². The van der Waals surface area contributed by atoms with Crippen molar-refractivity contribution in [1.29, 1.82) is 0 Å². The second-order valence-electron chi connectivity index (χ2n) is 1.51. The molecule has 1 aromatic rings. The summed E-state index contributed by atoms with van der Waals surface area (Å²) in [4.78, 5) is 9.50. The summed E-state index contributed by atoms with van der Waals surface area (Å²) in [6.45, 7) is -5.70. The Morgan fingerprint density at radius 1 is 2.20 bits per heavy atom. The van der Waals surface area contributed by atoms with Crippen LogP contribution in [0.2, 0.25) is 0 Å². The topological polar surface area (TPSA) is 61.0 Å². The fourth-order valence-corrected chi connectivity index (χ4v) is 0.469. The van der Waals surface area contributed by atoms with Crippen LogP contribution >= 0.6 is 0 Å². The van der Waals surface area contributed by atoms with Crippen LogP contribution in [0.4, 0.5) is 5.69 Å². The van der Waals surface area contributed by atoms with E-state index >= 15 is 0 Å². The minimum Gasteiger partial charge on any atom is -0.266 e. The molecule has 5 heteroatoms. The normalized spacial score (nSPS) is 19.8. The highest BCUT2D eigenvalue weighted by atomic mass is 16.6. The van der Waals surface area contributed by atoms with E-state index in [4.69, 9.17) is 6.85 Å². The lowest BCUT2D eigenvalue weighted by molar-refractivity contribution is -0.385. The molecule has 0 fully saturated rings. The lowest BCUT2D eigenvalue weighted by Crippen LogP contribution is -1.92. The number of hydrogen-bond donors (Lipinski definition) is 0. The molecule has 5 nitrogen and oxygen atoms in total. The second kappa shape index (κ2) is 2.47. The number of aromatic nitrogens is 2. The number of hydrogen-bond acceptors (Lipinski definition) is 3. The lowest BCUT2D eigenvalue weighted by Gasteiger charge is -1.87. The molecule has 0 aliphatic rings. The second-order valence-corrected chi connectivity index (χ2v) is 1.51. The Labute approximate surface area is 64.4 Å². The molecular formula is C5H7N3O2. The Balaban J connectivity index is 3.11. The van der Waals surface area contributed by atoms with Crippen LogP contribution in [0, 0.1) is 10.1 Å². The van der Waals surface area contributed by atoms with Crippen LogP contribution in [0.3, 0.4) is 0 Å². The Morgan fingerprint density at radius 3 is 3.50 bits per heavy atom. The van der Waals surface area contributed by atoms with E-state index in [1.807, 2.05) is 0 Å². The Bertz CT molecular complexity index is 384. The standard InChI is InChI=1S/C5H7N3O2/c1-2-7-4-5(3-6-7)8(9)10/h3-4H,2H2,1H3/i1D3,2D2. The van der Waals surface area contributed by atoms with Crippen molar-refractivity contribution < 1.29 is 11.8 Å². The molecule has 0 aliphatic heterocycles. The summed E-state index contributed by atoms with van der Waals surface area (Å²) >= 11 is 0. The van der Waals surface area contributed by atoms with Crippen LogP contribution in [-0.2, 0) is 6.50 Å². The zero-order valence-corrected chi connectivity index (χ0v) is 4.81. The van der Waals surface area contributed by atoms with E-state index < -0.39 is 24.0 Å². The van der Waals surface area contributed by atoms with Gasteiger partial charge in [0.2, 0.25) is 0 Å². The molecule has 0 atom stereocenters. The Morgan fingerprint density at radius 2 is 3.00 bits per heavy atom. The summed E-state index contributed by atoms with van der Waals surface area (Å²) < 4.78 is 35.7. The smallest absolute Gasteiger partial charge is 0.266 e. The number of nitrogens with zero attached hydrogens (tertiary/aromatic N) is 3. The van der Waals surface area contributed by atoms with Crippen LogP contribution in [-0.4, -0.2) is 14.7 Å². The molecule has 0 saturated carbocycles. The van der Waals surface area contributed by atoms with Gasteiger partial charge in [0, 0.05) is 10.6 Å². The van der Waals surface area contributed by atoms with Gasteiger partial charge in [-0.3, -0.25) is 14.8 Å². The van der Waals surface area contributed by atoms with E-state index in [-0.39, 0.29) is 0 Å². The van der Waals surface area contributed by atoms with Gasteiger partial charge in [-0.25, -0.2) is 0 Å². The summed E-state index contributed by atoms with van der Waals surface area (Å²) in [6.07, 6.45) is 1.54. The van der Waals surface area contributed by atoms with Gasteiger partial charge in [0.25, 0.3) is 0 Å². The molecular weight excluding hydrogens is 134 g/mol. The van der Waals surface area contributed by atoms with Gasteiger partial charge in [0.1, 0.15) is 12.4 Å². The van der Waals surface area contributed by atoms with E-state index in [0.717, 1.165) is 12.4 Å². The SMILES string of the molecule is [2H]C([2H])([2H])C([2H])([2H])n1cc([N+](=O)[O-])cn1. The number of aryl methyl sites for hydroxylation is 1. The van der Waals surface area contributed by atoms with E-state index in [1.165, 1.54) is 0 Å². The monoisotopic (exact) mass is 146 g/mol. The van der Waals surface area contributed by atoms with Gasteiger partial charge >= 0.3 is 5.69 Å². The fourth-order valence-electron chi connectivity index (χ4n) is 0.469. The Hall–Kier alpha value is -1.39. The summed E-state index contributed by atoms with van der Waals surface area (Å²) in [5.74, 6) is 0. The molecule has 0 saturated heterocycles. The maximum atomic E-state index is 10.3. The summed E-state index contributed by atoms with van der Waals surface area (Å²) in [5, 5.41) is 13.6. The third-order valence-corrected chi connectivity index (χ3v) is 0.894. The summed E-state index contributed by atoms with van der Waals surface area (Å²) in [6, 6.07) is 0. The zero-order valence-electron chi connectivity index (χ0n) is 9.81. The molecule has 1 rings (SSSR count). The Kier molecular flexibility index (Phi) is 0.664. The molecule has 0 N–H and O–H groups in total. The zero-order chi connectivity index (χ0) is 11.9. The number of nitro groups is 1. The maximum absolute atomic E-state index is 10.3. The first kappa shape index (κ1) is 2.69. The molecule has 0 aromatic carbocycles. The fraction of sp³-hybridized carbons (Fsp3) is 0.400. The molecule has 0 bridgehead atoms. The first-order valence-electron chi connectivity index (χ1n) is 4.86. The van der Waals surface area contributed by atoms with Crippen LogP contribution in [0.5, 0.6) is 0 Å². The molecule has 0 amide bonds. The van der Waals surface area contributed by atoms with Crippen molar-refractivity contribution >= 4 is 5.69 Å². The minimum atomic E-state index is -2.94. The van der Waals surface area contributed by atoms with Crippen molar-refractivity contribution in [2.24, 2.45) is 0 Å². The van der Waals surface area contributed by atoms with Crippen molar-refractivity contribution in [3.63, 3.8) is 0 Å². The van der Waals surface area contributed by atoms with Crippen molar-refractivity contribution in [3.05, 3.63) is 22.5 Å². The molecule has 0 spiro atoms. The van der Waals surface area contributed by atoms with Crippen LogP contribution in [0.15, 0.2) is 12.4 Å². The largest absolute Gasteiger partial charge is 0.306 e. The lowest BCUT2D eigenvalue weighted by atomic mass is 10.6. The number of rotatable bonds is 2. The van der Waals surface area contributed by atoms with Crippen molar-refractivity contribution in [2.45, 2.75) is 13.3 Å². The van der Waals surface area contributed by atoms with Crippen molar-refractivity contribution in [1.82, 2.24) is 9.78 Å². The van der Waals surface area contributed by atoms with Gasteiger partial charge in [-0.05, 0) is 6.85 Å². The van der Waals surface area contributed by atoms with Gasteiger partial charge in [-0.1, -0.05) is 0 Å². The maximum Gasteiger partial charge on any atom is 0.306 e. The average molecular weight is 146 g/mol. The van der Waals surface area contributed by atoms with Gasteiger partial charge in [0.05, 0.1) is 7.66 Å².